The third kappa shape index (κ3) is 4.28. The van der Waals surface area contributed by atoms with Gasteiger partial charge in [0.05, 0.1) is 23.1 Å². The Morgan fingerprint density at radius 2 is 1.96 bits per heavy atom. The number of carboxylic acids is 1. The van der Waals surface area contributed by atoms with Gasteiger partial charge in [0, 0.05) is 0 Å². The number of alkyl halides is 3. The van der Waals surface area contributed by atoms with E-state index in [1.807, 2.05) is 0 Å². The molecule has 1 amide bonds. The van der Waals surface area contributed by atoms with Crippen molar-refractivity contribution in [2.45, 2.75) is 38.4 Å². The lowest BCUT2D eigenvalue weighted by Gasteiger charge is -2.22. The molecule has 4 N–H and O–H groups in total. The van der Waals surface area contributed by atoms with Gasteiger partial charge in [0.15, 0.2) is 0 Å². The predicted molar refractivity (Wildman–Crippen MR) is 81.2 cm³/mol. The minimum atomic E-state index is -4.66. The summed E-state index contributed by atoms with van der Waals surface area (Å²) in [4.78, 5) is 23.1. The van der Waals surface area contributed by atoms with Crippen molar-refractivity contribution in [3.63, 3.8) is 0 Å². The molecule has 1 unspecified atom stereocenters. The fourth-order valence-corrected chi connectivity index (χ4v) is 2.43. The van der Waals surface area contributed by atoms with Crippen LogP contribution in [0.25, 0.3) is 0 Å². The summed E-state index contributed by atoms with van der Waals surface area (Å²) in [6.07, 6.45) is -3.52. The second-order valence-electron chi connectivity index (χ2n) is 6.42. The Labute approximate surface area is 141 Å². The number of halogens is 4. The van der Waals surface area contributed by atoms with Crippen molar-refractivity contribution in [2.75, 3.05) is 5.32 Å². The van der Waals surface area contributed by atoms with E-state index in [-0.39, 0.29) is 12.1 Å². The second-order valence-corrected chi connectivity index (χ2v) is 6.42. The molecule has 9 heteroatoms. The molecule has 1 aromatic rings. The summed E-state index contributed by atoms with van der Waals surface area (Å²) in [5, 5.41) is 11.2. The van der Waals surface area contributed by atoms with Crippen LogP contribution in [0.1, 0.15) is 25.3 Å². The summed E-state index contributed by atoms with van der Waals surface area (Å²) < 4.78 is 51.7. The van der Waals surface area contributed by atoms with Crippen molar-refractivity contribution in [2.24, 2.45) is 17.1 Å². The van der Waals surface area contributed by atoms with E-state index < -0.39 is 41.2 Å². The molecule has 25 heavy (non-hydrogen) atoms. The van der Waals surface area contributed by atoms with Crippen LogP contribution in [-0.2, 0) is 16.0 Å². The average molecular weight is 362 g/mol. The summed E-state index contributed by atoms with van der Waals surface area (Å²) in [6, 6.07) is 1.74. The predicted octanol–water partition coefficient (Wildman–Crippen LogP) is 2.70. The summed E-state index contributed by atoms with van der Waals surface area (Å²) >= 11 is 0. The normalized spacial score (nSPS) is 18.3. The smallest absolute Gasteiger partial charge is 0.393 e. The number of nitrogens with one attached hydrogen (secondary N) is 1. The van der Waals surface area contributed by atoms with E-state index in [2.05, 4.69) is 5.32 Å². The monoisotopic (exact) mass is 362 g/mol. The highest BCUT2D eigenvalue weighted by molar-refractivity contribution is 5.95. The second kappa shape index (κ2) is 6.62. The highest BCUT2D eigenvalue weighted by atomic mass is 19.4. The zero-order valence-electron chi connectivity index (χ0n) is 13.4. The van der Waals surface area contributed by atoms with Gasteiger partial charge >= 0.3 is 12.1 Å². The maximum absolute atomic E-state index is 13.8. The van der Waals surface area contributed by atoms with Crippen LogP contribution in [0.3, 0.4) is 0 Å². The van der Waals surface area contributed by atoms with Crippen LogP contribution in [0, 0.1) is 17.2 Å². The van der Waals surface area contributed by atoms with Gasteiger partial charge in [-0.05, 0) is 37.0 Å². The van der Waals surface area contributed by atoms with Crippen molar-refractivity contribution >= 4 is 17.6 Å². The first kappa shape index (κ1) is 19.2. The zero-order chi connectivity index (χ0) is 19.0. The number of aliphatic carboxylic acids is 1. The Kier molecular flexibility index (Phi) is 5.08. The largest absolute Gasteiger partial charge is 0.481 e. The van der Waals surface area contributed by atoms with Crippen LogP contribution < -0.4 is 11.1 Å². The quantitative estimate of drug-likeness (QED) is 0.679. The van der Waals surface area contributed by atoms with E-state index in [4.69, 9.17) is 5.73 Å². The number of carbonyl (C=O) groups is 2. The third-order valence-corrected chi connectivity index (χ3v) is 4.50. The summed E-state index contributed by atoms with van der Waals surface area (Å²) in [5.41, 5.74) is 4.55. The Morgan fingerprint density at radius 1 is 1.36 bits per heavy atom. The van der Waals surface area contributed by atoms with Gasteiger partial charge in [-0.1, -0.05) is 13.0 Å². The standard InChI is InChI=1S/C16H18F4N2O3/c1-8(16(18,19)20)12(21)13(23)22-11-6-9(2-3-10(11)17)7-15(4-5-15)14(24)25/h2-3,6,8,12H,4-5,7,21H2,1H3,(H,22,23)(H,24,25)/t8?,12-/m0/s1. The van der Waals surface area contributed by atoms with Crippen molar-refractivity contribution in [3.8, 4) is 0 Å². The number of rotatable bonds is 6. The number of carboxylic acid groups (broad SMARTS) is 1. The number of amides is 1. The van der Waals surface area contributed by atoms with E-state index in [1.54, 1.807) is 0 Å². The Balaban J connectivity index is 2.13. The number of carbonyl (C=O) groups excluding carboxylic acids is 1. The van der Waals surface area contributed by atoms with Crippen molar-refractivity contribution in [1.29, 1.82) is 0 Å². The van der Waals surface area contributed by atoms with Crippen molar-refractivity contribution < 1.29 is 32.3 Å². The molecule has 0 spiro atoms. The Bertz CT molecular complexity index is 686. The first-order chi connectivity index (χ1) is 11.5. The number of nitrogens with two attached hydrogens (primary N) is 1. The average Bonchev–Trinajstić information content (AvgIpc) is 3.29. The van der Waals surface area contributed by atoms with Gasteiger partial charge in [-0.3, -0.25) is 9.59 Å². The molecular weight excluding hydrogens is 344 g/mol. The lowest BCUT2D eigenvalue weighted by molar-refractivity contribution is -0.176. The number of benzene rings is 1. The molecule has 1 fully saturated rings. The molecule has 0 saturated heterocycles. The van der Waals surface area contributed by atoms with Crippen LogP contribution in [0.15, 0.2) is 18.2 Å². The van der Waals surface area contributed by atoms with Gasteiger partial charge in [-0.2, -0.15) is 13.2 Å². The van der Waals surface area contributed by atoms with E-state index in [9.17, 15) is 32.3 Å². The Hall–Kier alpha value is -2.16. The van der Waals surface area contributed by atoms with Crippen LogP contribution in [0.2, 0.25) is 0 Å². The SMILES string of the molecule is CC([C@H](N)C(=O)Nc1cc(CC2(C(=O)O)CC2)ccc1F)C(F)(F)F. The van der Waals surface area contributed by atoms with Crippen molar-refractivity contribution in [1.82, 2.24) is 0 Å². The summed E-state index contributed by atoms with van der Waals surface area (Å²) in [7, 11) is 0. The van der Waals surface area contributed by atoms with Crippen LogP contribution in [0.4, 0.5) is 23.2 Å². The van der Waals surface area contributed by atoms with Crippen LogP contribution in [-0.4, -0.2) is 29.2 Å². The molecule has 0 bridgehead atoms. The molecule has 1 aromatic carbocycles. The molecule has 0 radical (unpaired) electrons. The van der Waals surface area contributed by atoms with E-state index in [1.165, 1.54) is 12.1 Å². The van der Waals surface area contributed by atoms with Gasteiger partial charge in [0.1, 0.15) is 5.82 Å². The van der Waals surface area contributed by atoms with E-state index in [0.717, 1.165) is 13.0 Å². The number of hydrogen-bond acceptors (Lipinski definition) is 3. The molecule has 1 saturated carbocycles. The summed E-state index contributed by atoms with van der Waals surface area (Å²) in [6.45, 7) is 0.765. The molecule has 1 aliphatic rings. The van der Waals surface area contributed by atoms with Crippen LogP contribution >= 0.6 is 0 Å². The fourth-order valence-electron chi connectivity index (χ4n) is 2.43. The number of anilines is 1. The molecule has 2 rings (SSSR count). The minimum Gasteiger partial charge on any atom is -0.481 e. The maximum atomic E-state index is 13.8. The first-order valence-corrected chi connectivity index (χ1v) is 7.61. The van der Waals surface area contributed by atoms with Crippen molar-refractivity contribution in [3.05, 3.63) is 29.6 Å². The zero-order valence-corrected chi connectivity index (χ0v) is 13.4. The van der Waals surface area contributed by atoms with Gasteiger partial charge in [-0.25, -0.2) is 4.39 Å². The maximum Gasteiger partial charge on any atom is 0.393 e. The minimum absolute atomic E-state index is 0.149. The van der Waals surface area contributed by atoms with Crippen LogP contribution in [0.5, 0.6) is 0 Å². The molecule has 0 aromatic heterocycles. The molecule has 5 nitrogen and oxygen atoms in total. The highest BCUT2D eigenvalue weighted by Crippen LogP contribution is 2.48. The topological polar surface area (TPSA) is 92.4 Å². The molecule has 1 aliphatic carbocycles. The van der Waals surface area contributed by atoms with Gasteiger partial charge in [-0.15, -0.1) is 0 Å². The fraction of sp³-hybridized carbons (Fsp3) is 0.500. The Morgan fingerprint density at radius 3 is 2.44 bits per heavy atom. The van der Waals surface area contributed by atoms with Gasteiger partial charge in [0.2, 0.25) is 5.91 Å². The van der Waals surface area contributed by atoms with Gasteiger partial charge < -0.3 is 16.2 Å². The van der Waals surface area contributed by atoms with Gasteiger partial charge in [0.25, 0.3) is 0 Å². The van der Waals surface area contributed by atoms with E-state index in [0.29, 0.717) is 18.4 Å². The molecule has 138 valence electrons. The molecule has 2 atom stereocenters. The molecule has 0 aliphatic heterocycles. The first-order valence-electron chi connectivity index (χ1n) is 7.61. The summed E-state index contributed by atoms with van der Waals surface area (Å²) in [5.74, 6) is -5.06. The number of hydrogen-bond donors (Lipinski definition) is 3. The molecular formula is C16H18F4N2O3. The lowest BCUT2D eigenvalue weighted by Crippen LogP contribution is -2.46. The third-order valence-electron chi connectivity index (χ3n) is 4.50. The van der Waals surface area contributed by atoms with E-state index >= 15 is 0 Å². The lowest BCUT2D eigenvalue weighted by atomic mass is 9.96. The molecule has 0 heterocycles. The highest BCUT2D eigenvalue weighted by Gasteiger charge is 2.50.